The number of fused-ring (bicyclic) bond motifs is 1. The van der Waals surface area contributed by atoms with E-state index in [-0.39, 0.29) is 11.3 Å². The average Bonchev–Trinajstić information content (AvgIpc) is 2.66. The van der Waals surface area contributed by atoms with Crippen LogP contribution in [-0.4, -0.2) is 24.7 Å². The van der Waals surface area contributed by atoms with Gasteiger partial charge in [-0.2, -0.15) is 0 Å². The minimum atomic E-state index is 0.113. The number of amides is 1. The van der Waals surface area contributed by atoms with Crippen molar-refractivity contribution in [2.45, 2.75) is 70.9 Å². The Morgan fingerprint density at radius 1 is 1.11 bits per heavy atom. The van der Waals surface area contributed by atoms with E-state index in [4.69, 9.17) is 4.74 Å². The Hall–Kier alpha value is -0.570. The van der Waals surface area contributed by atoms with Crippen LogP contribution in [0.25, 0.3) is 0 Å². The molecule has 0 bridgehead atoms. The number of nitrogens with one attached hydrogen (secondary N) is 1. The van der Waals surface area contributed by atoms with Crippen molar-refractivity contribution in [3.8, 4) is 0 Å². The van der Waals surface area contributed by atoms with Crippen molar-refractivity contribution in [1.29, 1.82) is 0 Å². The summed E-state index contributed by atoms with van der Waals surface area (Å²) in [5, 5.41) is 3.36. The van der Waals surface area contributed by atoms with E-state index in [2.05, 4.69) is 19.2 Å². The van der Waals surface area contributed by atoms with Crippen molar-refractivity contribution < 1.29 is 9.53 Å². The molecule has 0 spiro atoms. The molecular weight excluding hydrogens is 238 g/mol. The first-order chi connectivity index (χ1) is 9.10. The third kappa shape index (κ3) is 2.31. The maximum atomic E-state index is 12.5. The van der Waals surface area contributed by atoms with Gasteiger partial charge >= 0.3 is 0 Å². The normalized spacial score (nSPS) is 38.1. The highest BCUT2D eigenvalue weighted by atomic mass is 16.5. The molecule has 3 heteroatoms. The Morgan fingerprint density at radius 3 is 2.47 bits per heavy atom. The number of hydrogen-bond acceptors (Lipinski definition) is 2. The Balaban J connectivity index is 1.60. The maximum absolute atomic E-state index is 12.5. The first kappa shape index (κ1) is 13.4. The van der Waals surface area contributed by atoms with Gasteiger partial charge in [-0.05, 0) is 19.3 Å². The van der Waals surface area contributed by atoms with Gasteiger partial charge in [0.15, 0.2) is 0 Å². The molecular formula is C16H27NO2. The molecule has 1 N–H and O–H groups in total. The van der Waals surface area contributed by atoms with E-state index in [1.165, 1.54) is 25.7 Å². The van der Waals surface area contributed by atoms with Crippen LogP contribution < -0.4 is 5.32 Å². The molecule has 108 valence electrons. The average molecular weight is 265 g/mol. The van der Waals surface area contributed by atoms with Gasteiger partial charge in [0.2, 0.25) is 5.91 Å². The van der Waals surface area contributed by atoms with Crippen LogP contribution >= 0.6 is 0 Å². The highest BCUT2D eigenvalue weighted by molar-refractivity contribution is 5.79. The van der Waals surface area contributed by atoms with E-state index < -0.39 is 0 Å². The molecule has 1 amide bonds. The fourth-order valence-electron chi connectivity index (χ4n) is 4.43. The van der Waals surface area contributed by atoms with Gasteiger partial charge in [-0.25, -0.2) is 0 Å². The maximum Gasteiger partial charge on any atom is 0.223 e. The van der Waals surface area contributed by atoms with E-state index in [0.29, 0.717) is 24.0 Å². The van der Waals surface area contributed by atoms with Crippen molar-refractivity contribution in [2.75, 3.05) is 6.61 Å². The molecule has 0 aromatic carbocycles. The summed E-state index contributed by atoms with van der Waals surface area (Å²) in [6.45, 7) is 5.34. The first-order valence-electron chi connectivity index (χ1n) is 8.02. The Labute approximate surface area is 116 Å². The molecule has 3 aliphatic rings. The van der Waals surface area contributed by atoms with Crippen LogP contribution in [0.5, 0.6) is 0 Å². The lowest BCUT2D eigenvalue weighted by atomic mass is 9.57. The molecule has 3 rings (SSSR count). The lowest BCUT2D eigenvalue weighted by Crippen LogP contribution is -2.67. The van der Waals surface area contributed by atoms with E-state index in [0.717, 1.165) is 25.9 Å². The zero-order chi connectivity index (χ0) is 13.5. The fourth-order valence-corrected chi connectivity index (χ4v) is 4.43. The summed E-state index contributed by atoms with van der Waals surface area (Å²) < 4.78 is 5.79. The highest BCUT2D eigenvalue weighted by Crippen LogP contribution is 2.52. The summed E-state index contributed by atoms with van der Waals surface area (Å²) in [7, 11) is 0. The smallest absolute Gasteiger partial charge is 0.223 e. The van der Waals surface area contributed by atoms with Crippen LogP contribution in [0.2, 0.25) is 0 Å². The lowest BCUT2D eigenvalue weighted by Gasteiger charge is -2.54. The number of rotatable bonds is 2. The first-order valence-corrected chi connectivity index (χ1v) is 8.02. The standard InChI is InChI=1S/C16H27NO2/c1-16(2)13(12-9-10-19-14(12)16)17-15(18)11-7-5-3-4-6-8-11/h11-14H,3-10H2,1-2H3,(H,17,18). The van der Waals surface area contributed by atoms with Crippen molar-refractivity contribution in [1.82, 2.24) is 5.32 Å². The zero-order valence-corrected chi connectivity index (χ0v) is 12.3. The zero-order valence-electron chi connectivity index (χ0n) is 12.3. The molecule has 2 saturated carbocycles. The van der Waals surface area contributed by atoms with E-state index in [1.54, 1.807) is 0 Å². The van der Waals surface area contributed by atoms with Crippen molar-refractivity contribution >= 4 is 5.91 Å². The summed E-state index contributed by atoms with van der Waals surface area (Å²) >= 11 is 0. The second-order valence-corrected chi connectivity index (χ2v) is 7.24. The van der Waals surface area contributed by atoms with E-state index in [1.807, 2.05) is 0 Å². The molecule has 3 nitrogen and oxygen atoms in total. The van der Waals surface area contributed by atoms with Gasteiger partial charge in [-0.1, -0.05) is 39.5 Å². The van der Waals surface area contributed by atoms with Crippen molar-refractivity contribution in [3.63, 3.8) is 0 Å². The Morgan fingerprint density at radius 2 is 1.79 bits per heavy atom. The molecule has 0 aromatic heterocycles. The number of hydrogen-bond donors (Lipinski definition) is 1. The minimum Gasteiger partial charge on any atom is -0.377 e. The number of carbonyl (C=O) groups is 1. The molecule has 1 heterocycles. The predicted molar refractivity (Wildman–Crippen MR) is 74.8 cm³/mol. The molecule has 3 unspecified atom stereocenters. The van der Waals surface area contributed by atoms with Gasteiger partial charge < -0.3 is 10.1 Å². The summed E-state index contributed by atoms with van der Waals surface area (Å²) in [6, 6.07) is 0.329. The topological polar surface area (TPSA) is 38.3 Å². The lowest BCUT2D eigenvalue weighted by molar-refractivity contribution is -0.141. The molecule has 19 heavy (non-hydrogen) atoms. The fraction of sp³-hybridized carbons (Fsp3) is 0.938. The van der Waals surface area contributed by atoms with Crippen LogP contribution in [0.4, 0.5) is 0 Å². The largest absolute Gasteiger partial charge is 0.377 e. The summed E-state index contributed by atoms with van der Waals surface area (Å²) in [5.74, 6) is 1.13. The van der Waals surface area contributed by atoms with E-state index in [9.17, 15) is 4.79 Å². The van der Waals surface area contributed by atoms with Gasteiger partial charge in [-0.3, -0.25) is 4.79 Å². The van der Waals surface area contributed by atoms with Gasteiger partial charge in [-0.15, -0.1) is 0 Å². The second-order valence-electron chi connectivity index (χ2n) is 7.24. The summed E-state index contributed by atoms with van der Waals surface area (Å²) in [5.41, 5.74) is 0.113. The highest BCUT2D eigenvalue weighted by Gasteiger charge is 2.59. The molecule has 3 atom stereocenters. The van der Waals surface area contributed by atoms with Crippen LogP contribution in [0.3, 0.4) is 0 Å². The van der Waals surface area contributed by atoms with Gasteiger partial charge in [0.1, 0.15) is 0 Å². The summed E-state index contributed by atoms with van der Waals surface area (Å²) in [4.78, 5) is 12.5. The van der Waals surface area contributed by atoms with Gasteiger partial charge in [0.05, 0.1) is 6.10 Å². The second kappa shape index (κ2) is 5.08. The van der Waals surface area contributed by atoms with E-state index >= 15 is 0 Å². The Bertz CT molecular complexity index is 345. The molecule has 3 fully saturated rings. The molecule has 1 aliphatic heterocycles. The molecule has 0 aromatic rings. The van der Waals surface area contributed by atoms with Gasteiger partial charge in [0, 0.05) is 29.9 Å². The monoisotopic (exact) mass is 265 g/mol. The molecule has 2 aliphatic carbocycles. The summed E-state index contributed by atoms with van der Waals surface area (Å²) in [6.07, 6.45) is 8.71. The SMILES string of the molecule is CC1(C)C(NC(=O)C2CCCCCC2)C2CCOC21. The van der Waals surface area contributed by atoms with Crippen LogP contribution in [-0.2, 0) is 9.53 Å². The minimum absolute atomic E-state index is 0.113. The Kier molecular flexibility index (Phi) is 3.59. The number of ether oxygens (including phenoxy) is 1. The van der Waals surface area contributed by atoms with Crippen LogP contribution in [0, 0.1) is 17.3 Å². The van der Waals surface area contributed by atoms with Crippen molar-refractivity contribution in [3.05, 3.63) is 0 Å². The van der Waals surface area contributed by atoms with Gasteiger partial charge in [0.25, 0.3) is 0 Å². The predicted octanol–water partition coefficient (Wildman–Crippen LogP) is 2.89. The third-order valence-corrected chi connectivity index (χ3v) is 5.62. The molecule has 1 saturated heterocycles. The number of carbonyl (C=O) groups excluding carboxylic acids is 1. The van der Waals surface area contributed by atoms with Crippen molar-refractivity contribution in [2.24, 2.45) is 17.3 Å². The van der Waals surface area contributed by atoms with Crippen LogP contribution in [0.15, 0.2) is 0 Å². The van der Waals surface area contributed by atoms with Crippen LogP contribution in [0.1, 0.15) is 58.8 Å². The third-order valence-electron chi connectivity index (χ3n) is 5.62. The quantitative estimate of drug-likeness (QED) is 0.780. The molecule has 0 radical (unpaired) electrons.